The maximum atomic E-state index is 14.2. The summed E-state index contributed by atoms with van der Waals surface area (Å²) in [6, 6.07) is 29.1. The Morgan fingerprint density at radius 3 is 2.22 bits per heavy atom. The summed E-state index contributed by atoms with van der Waals surface area (Å²) >= 11 is 8.16. The number of amides is 3. The number of likely N-dealkylation sites (tertiary alicyclic amines) is 1. The highest BCUT2D eigenvalue weighted by atomic mass is 35.5. The number of aliphatic hydroxyl groups excluding tert-OH is 1. The zero-order chi connectivity index (χ0) is 55.7. The van der Waals surface area contributed by atoms with Gasteiger partial charge in [0.25, 0.3) is 0 Å². The molecule has 4 aromatic carbocycles. The van der Waals surface area contributed by atoms with Gasteiger partial charge < -0.3 is 34.8 Å². The van der Waals surface area contributed by atoms with Crippen molar-refractivity contribution in [2.45, 2.75) is 117 Å². The van der Waals surface area contributed by atoms with E-state index < -0.39 is 30.6 Å². The molecule has 8 rings (SSSR count). The normalized spacial score (nSPS) is 16.5. The van der Waals surface area contributed by atoms with Crippen LogP contribution in [0.2, 0.25) is 5.02 Å². The van der Waals surface area contributed by atoms with E-state index in [2.05, 4.69) is 37.6 Å². The lowest BCUT2D eigenvalue weighted by Crippen LogP contribution is -2.50. The summed E-state index contributed by atoms with van der Waals surface area (Å²) < 4.78 is 18.9. The van der Waals surface area contributed by atoms with Crippen molar-refractivity contribution in [3.8, 4) is 16.2 Å². The largest absolute Gasteiger partial charge is 0.496 e. The monoisotopic (exact) mass is 1110 g/mol. The molecule has 3 N–H and O–H groups in total. The quantitative estimate of drug-likeness (QED) is 0.0584. The summed E-state index contributed by atoms with van der Waals surface area (Å²) in [5.74, 6) is 0.0400. The number of carbonyl (C=O) groups excluding carboxylic acids is 4. The van der Waals surface area contributed by atoms with Gasteiger partial charge in [-0.15, -0.1) is 11.3 Å². The fourth-order valence-electron chi connectivity index (χ4n) is 10.5. The molecule has 412 valence electrons. The number of hydrogen-bond acceptors (Lipinski definition) is 12. The van der Waals surface area contributed by atoms with E-state index in [0.29, 0.717) is 48.6 Å². The predicted octanol–water partition coefficient (Wildman–Crippen LogP) is 9.55. The molecule has 0 saturated carbocycles. The number of methoxy groups -OCH3 is 1. The number of rotatable bonds is 21. The Balaban J connectivity index is 0.758. The number of ketones is 1. The fraction of sp³-hybridized carbons (Fsp3) is 0.426. The standard InChI is InChI=1S/C61H73ClN7O7PS/c1-39-58(78-38-65-39)43-20-16-42(17-21-43)35-64-59(73)53-34-49(71)37-69(53)60(74)50(61(2,3)4)33-48(70)24-18-40-12-14-41(15-13-40)19-25-57(72)66-46-26-28-68(29-27-46)47-23-22-44(54(32-47)76-5)31-56-63-36-51(62)52(67-56)30-45-10-8-9-11-55(45)77(6,7)75/h8-17,20-23,32,36,38,46,49-50,53,71H,18-19,24-31,33-35,37H2,1-7H3,(H,64,73)(H,66,72)/t49-,50-,53+/m1/s1. The van der Waals surface area contributed by atoms with E-state index in [-0.39, 0.29) is 61.9 Å². The van der Waals surface area contributed by atoms with Gasteiger partial charge in [0.2, 0.25) is 17.7 Å². The average Bonchev–Trinajstić information content (AvgIpc) is 4.10. The second kappa shape index (κ2) is 25.7. The van der Waals surface area contributed by atoms with Crippen molar-refractivity contribution in [2.24, 2.45) is 11.3 Å². The molecule has 2 fully saturated rings. The first kappa shape index (κ1) is 57.9. The number of ether oxygens (including phenoxy) is 1. The SMILES string of the molecule is COc1cc(N2CCC(NC(=O)CCc3ccc(CCC(=O)C[C@H](C(=O)N4C[C@H](O)C[C@H]4C(=O)NCc4ccc(-c5scnc5C)cc4)C(C)(C)C)cc3)CC2)ccc1Cc1ncc(Cl)c(Cc2ccccc2P(C)(C)=O)n1. The van der Waals surface area contributed by atoms with Crippen molar-refractivity contribution in [3.63, 3.8) is 0 Å². The van der Waals surface area contributed by atoms with Crippen molar-refractivity contribution >= 4 is 64.6 Å². The van der Waals surface area contributed by atoms with E-state index in [1.165, 1.54) is 4.90 Å². The molecule has 14 nitrogen and oxygen atoms in total. The maximum absolute atomic E-state index is 14.2. The van der Waals surface area contributed by atoms with Gasteiger partial charge in [0.15, 0.2) is 0 Å². The number of aliphatic hydroxyl groups is 1. The van der Waals surface area contributed by atoms with Crippen LogP contribution in [0.1, 0.15) is 104 Å². The molecular weight excluding hydrogens is 1040 g/mol. The van der Waals surface area contributed by atoms with Gasteiger partial charge >= 0.3 is 0 Å². The van der Waals surface area contributed by atoms with Crippen molar-refractivity contribution in [3.05, 3.63) is 153 Å². The minimum absolute atomic E-state index is 0.0177. The maximum Gasteiger partial charge on any atom is 0.243 e. The lowest BCUT2D eigenvalue weighted by Gasteiger charge is -2.34. The van der Waals surface area contributed by atoms with Crippen LogP contribution in [0.15, 0.2) is 103 Å². The number of piperidine rings is 1. The van der Waals surface area contributed by atoms with Crippen molar-refractivity contribution in [2.75, 3.05) is 45.0 Å². The van der Waals surface area contributed by atoms with Crippen molar-refractivity contribution in [1.29, 1.82) is 0 Å². The number of benzene rings is 4. The summed E-state index contributed by atoms with van der Waals surface area (Å²) in [4.78, 5) is 73.1. The summed E-state index contributed by atoms with van der Waals surface area (Å²) in [6.07, 6.45) is 5.22. The smallest absolute Gasteiger partial charge is 0.243 e. The number of nitrogens with zero attached hydrogens (tertiary/aromatic N) is 5. The third-order valence-corrected chi connectivity index (χ3v) is 18.0. The number of thiazole rings is 1. The van der Waals surface area contributed by atoms with E-state index in [1.54, 1.807) is 38.0 Å². The molecule has 0 spiro atoms. The molecule has 3 atom stereocenters. The van der Waals surface area contributed by atoms with Gasteiger partial charge in [-0.25, -0.2) is 15.0 Å². The van der Waals surface area contributed by atoms with E-state index in [0.717, 1.165) is 86.6 Å². The van der Waals surface area contributed by atoms with Crippen LogP contribution in [-0.4, -0.2) is 107 Å². The highest BCUT2D eigenvalue weighted by Crippen LogP contribution is 2.38. The third kappa shape index (κ3) is 15.1. The zero-order valence-electron chi connectivity index (χ0n) is 45.9. The van der Waals surface area contributed by atoms with E-state index in [9.17, 15) is 28.8 Å². The molecule has 2 aliphatic heterocycles. The summed E-state index contributed by atoms with van der Waals surface area (Å²) in [5.41, 5.74) is 9.84. The fourth-order valence-corrected chi connectivity index (χ4v) is 12.8. The number of aromatic nitrogens is 3. The lowest BCUT2D eigenvalue weighted by molar-refractivity contribution is -0.146. The number of nitrogens with one attached hydrogen (secondary N) is 2. The third-order valence-electron chi connectivity index (χ3n) is 15.1. The number of anilines is 1. The highest BCUT2D eigenvalue weighted by Gasteiger charge is 2.44. The minimum atomic E-state index is -2.50. The van der Waals surface area contributed by atoms with Gasteiger partial charge in [-0.1, -0.05) is 111 Å². The summed E-state index contributed by atoms with van der Waals surface area (Å²) in [6.45, 7) is 13.2. The Morgan fingerprint density at radius 1 is 0.885 bits per heavy atom. The Hall–Kier alpha value is -6.25. The van der Waals surface area contributed by atoms with E-state index >= 15 is 0 Å². The van der Waals surface area contributed by atoms with Crippen LogP contribution in [0.3, 0.4) is 0 Å². The molecular formula is C61H73ClN7O7PS. The molecule has 6 aromatic rings. The van der Waals surface area contributed by atoms with E-state index in [4.69, 9.17) is 21.3 Å². The predicted molar refractivity (Wildman–Crippen MR) is 310 cm³/mol. The molecule has 0 radical (unpaired) electrons. The molecule has 78 heavy (non-hydrogen) atoms. The molecule has 3 amide bonds. The van der Waals surface area contributed by atoms with E-state index in [1.807, 2.05) is 112 Å². The average molecular weight is 1110 g/mol. The molecule has 2 saturated heterocycles. The van der Waals surface area contributed by atoms with Crippen molar-refractivity contribution < 1.29 is 33.6 Å². The van der Waals surface area contributed by atoms with Gasteiger partial charge in [-0.2, -0.15) is 0 Å². The van der Waals surface area contributed by atoms with Gasteiger partial charge in [0.05, 0.1) is 40.0 Å². The number of aryl methyl sites for hydroxylation is 3. The molecule has 0 aliphatic carbocycles. The first-order chi connectivity index (χ1) is 37.2. The van der Waals surface area contributed by atoms with Gasteiger partial charge in [-0.3, -0.25) is 19.2 Å². The Morgan fingerprint density at radius 2 is 1.56 bits per heavy atom. The van der Waals surface area contributed by atoms with Gasteiger partial charge in [0, 0.05) is 105 Å². The van der Waals surface area contributed by atoms with Crippen LogP contribution < -0.4 is 25.6 Å². The van der Waals surface area contributed by atoms with Crippen LogP contribution in [-0.2, 0) is 56.0 Å². The van der Waals surface area contributed by atoms with Crippen LogP contribution in [0, 0.1) is 18.3 Å². The Labute approximate surface area is 468 Å². The highest BCUT2D eigenvalue weighted by molar-refractivity contribution is 7.70. The summed E-state index contributed by atoms with van der Waals surface area (Å²) in [5, 5.41) is 18.2. The number of Topliss-reactive ketones (excluding diaryl/α,β-unsaturated/α-hetero) is 1. The topological polar surface area (TPSA) is 184 Å². The first-order valence-electron chi connectivity index (χ1n) is 26.9. The van der Waals surface area contributed by atoms with Crippen LogP contribution in [0.4, 0.5) is 5.69 Å². The van der Waals surface area contributed by atoms with Crippen LogP contribution >= 0.6 is 30.1 Å². The molecule has 0 bridgehead atoms. The van der Waals surface area contributed by atoms with Crippen molar-refractivity contribution in [1.82, 2.24) is 30.5 Å². The molecule has 4 heterocycles. The lowest BCUT2D eigenvalue weighted by atomic mass is 9.76. The van der Waals surface area contributed by atoms with Gasteiger partial charge in [-0.05, 0) is 85.2 Å². The Kier molecular flexibility index (Phi) is 19.1. The number of carbonyl (C=O) groups is 4. The zero-order valence-corrected chi connectivity index (χ0v) is 48.4. The minimum Gasteiger partial charge on any atom is -0.496 e. The number of β-amino-alcohol motifs (C(OH)–C–C–N with tert-alkyl or cyclic N) is 1. The van der Waals surface area contributed by atoms with Gasteiger partial charge in [0.1, 0.15) is 30.5 Å². The summed E-state index contributed by atoms with van der Waals surface area (Å²) in [7, 11) is -0.839. The Bertz CT molecular complexity index is 3130. The van der Waals surface area contributed by atoms with Crippen LogP contribution in [0.25, 0.3) is 10.4 Å². The second-order valence-electron chi connectivity index (χ2n) is 22.3. The van der Waals surface area contributed by atoms with Crippen LogP contribution in [0.5, 0.6) is 5.75 Å². The number of hydrogen-bond donors (Lipinski definition) is 3. The first-order valence-corrected chi connectivity index (χ1v) is 30.8. The second-order valence-corrected chi connectivity index (χ2v) is 26.7. The molecule has 2 aliphatic rings. The molecule has 17 heteroatoms. The molecule has 2 aromatic heterocycles. The number of halogens is 1. The molecule has 0 unspecified atom stereocenters.